The minimum atomic E-state index is -0.572. The van der Waals surface area contributed by atoms with E-state index >= 15 is 0 Å². The van der Waals surface area contributed by atoms with E-state index in [-0.39, 0.29) is 12.2 Å². The van der Waals surface area contributed by atoms with Crippen molar-refractivity contribution in [1.82, 2.24) is 0 Å². The first-order chi connectivity index (χ1) is 9.24. The Balaban J connectivity index is 2.82. The Hall–Kier alpha value is -2.04. The second kappa shape index (κ2) is 6.41. The molecule has 0 saturated carbocycles. The SMILES string of the molecule is COC(=O)c1cccc(C)c1OCC(=O)OC(C)(C)C. The van der Waals surface area contributed by atoms with Crippen LogP contribution in [0.5, 0.6) is 5.75 Å². The Kier molecular flexibility index (Phi) is 5.13. The highest BCUT2D eigenvalue weighted by atomic mass is 16.6. The third-order valence-electron chi connectivity index (χ3n) is 2.37. The summed E-state index contributed by atoms with van der Waals surface area (Å²) in [5, 5.41) is 0. The van der Waals surface area contributed by atoms with Crippen molar-refractivity contribution in [3.63, 3.8) is 0 Å². The van der Waals surface area contributed by atoms with E-state index in [1.54, 1.807) is 45.9 Å². The van der Waals surface area contributed by atoms with Crippen molar-refractivity contribution in [1.29, 1.82) is 0 Å². The molecule has 0 radical (unpaired) electrons. The highest BCUT2D eigenvalue weighted by Crippen LogP contribution is 2.24. The molecule has 0 saturated heterocycles. The molecule has 0 unspecified atom stereocenters. The number of ether oxygens (including phenoxy) is 3. The van der Waals surface area contributed by atoms with Gasteiger partial charge in [0.2, 0.25) is 0 Å². The molecule has 1 aromatic carbocycles. The molecule has 0 atom stereocenters. The average Bonchev–Trinajstić information content (AvgIpc) is 2.34. The van der Waals surface area contributed by atoms with Gasteiger partial charge in [0.25, 0.3) is 0 Å². The number of hydrogen-bond acceptors (Lipinski definition) is 5. The predicted octanol–water partition coefficient (Wildman–Crippen LogP) is 2.50. The summed E-state index contributed by atoms with van der Waals surface area (Å²) in [6.45, 7) is 6.86. The monoisotopic (exact) mass is 280 g/mol. The van der Waals surface area contributed by atoms with Crippen molar-refractivity contribution in [3.05, 3.63) is 29.3 Å². The molecule has 1 aromatic rings. The van der Waals surface area contributed by atoms with Crippen LogP contribution in [0.4, 0.5) is 0 Å². The maximum Gasteiger partial charge on any atom is 0.344 e. The van der Waals surface area contributed by atoms with Crippen LogP contribution in [0.3, 0.4) is 0 Å². The molecule has 0 N–H and O–H groups in total. The summed E-state index contributed by atoms with van der Waals surface area (Å²) in [5.74, 6) is -0.658. The highest BCUT2D eigenvalue weighted by molar-refractivity contribution is 5.93. The van der Waals surface area contributed by atoms with Gasteiger partial charge in [-0.2, -0.15) is 0 Å². The lowest BCUT2D eigenvalue weighted by molar-refractivity contribution is -0.157. The zero-order chi connectivity index (χ0) is 15.3. The van der Waals surface area contributed by atoms with Crippen LogP contribution in [0.25, 0.3) is 0 Å². The molecule has 20 heavy (non-hydrogen) atoms. The van der Waals surface area contributed by atoms with E-state index < -0.39 is 17.5 Å². The molecule has 0 heterocycles. The molecule has 0 amide bonds. The quantitative estimate of drug-likeness (QED) is 0.793. The van der Waals surface area contributed by atoms with E-state index in [4.69, 9.17) is 9.47 Å². The summed E-state index contributed by atoms with van der Waals surface area (Å²) >= 11 is 0. The summed E-state index contributed by atoms with van der Waals surface area (Å²) in [5.41, 5.74) is 0.463. The van der Waals surface area contributed by atoms with Crippen molar-refractivity contribution in [2.24, 2.45) is 0 Å². The Morgan fingerprint density at radius 1 is 1.20 bits per heavy atom. The summed E-state index contributed by atoms with van der Waals surface area (Å²) in [4.78, 5) is 23.3. The molecule has 1 rings (SSSR count). The van der Waals surface area contributed by atoms with Crippen LogP contribution in [-0.2, 0) is 14.3 Å². The van der Waals surface area contributed by atoms with Gasteiger partial charge in [-0.15, -0.1) is 0 Å². The number of methoxy groups -OCH3 is 1. The Morgan fingerprint density at radius 3 is 2.40 bits per heavy atom. The minimum Gasteiger partial charge on any atom is -0.481 e. The van der Waals surface area contributed by atoms with Gasteiger partial charge in [-0.3, -0.25) is 0 Å². The molecule has 0 aromatic heterocycles. The zero-order valence-electron chi connectivity index (χ0n) is 12.5. The molecule has 0 fully saturated rings. The maximum atomic E-state index is 11.6. The number of carbonyl (C=O) groups is 2. The molecule has 0 aliphatic heterocycles. The lowest BCUT2D eigenvalue weighted by Crippen LogP contribution is -2.27. The van der Waals surface area contributed by atoms with Crippen molar-refractivity contribution in [3.8, 4) is 5.75 Å². The lowest BCUT2D eigenvalue weighted by atomic mass is 10.1. The number of para-hydroxylation sites is 1. The molecule has 110 valence electrons. The first kappa shape index (κ1) is 16.0. The molecule has 5 heteroatoms. The van der Waals surface area contributed by atoms with Crippen LogP contribution in [0, 0.1) is 6.92 Å². The van der Waals surface area contributed by atoms with Gasteiger partial charge in [-0.05, 0) is 39.3 Å². The molecule has 0 spiro atoms. The number of hydrogen-bond donors (Lipinski definition) is 0. The second-order valence-electron chi connectivity index (χ2n) is 5.32. The van der Waals surface area contributed by atoms with E-state index in [2.05, 4.69) is 4.74 Å². The van der Waals surface area contributed by atoms with Gasteiger partial charge in [-0.1, -0.05) is 12.1 Å². The second-order valence-corrected chi connectivity index (χ2v) is 5.32. The van der Waals surface area contributed by atoms with Crippen molar-refractivity contribution >= 4 is 11.9 Å². The van der Waals surface area contributed by atoms with Crippen LogP contribution in [-0.4, -0.2) is 31.3 Å². The Labute approximate surface area is 118 Å². The van der Waals surface area contributed by atoms with Crippen molar-refractivity contribution < 1.29 is 23.8 Å². The molecule has 0 aliphatic carbocycles. The first-order valence-corrected chi connectivity index (χ1v) is 6.27. The smallest absolute Gasteiger partial charge is 0.344 e. The van der Waals surface area contributed by atoms with Crippen molar-refractivity contribution in [2.45, 2.75) is 33.3 Å². The van der Waals surface area contributed by atoms with Crippen LogP contribution in [0.2, 0.25) is 0 Å². The van der Waals surface area contributed by atoms with Gasteiger partial charge in [0.15, 0.2) is 6.61 Å². The zero-order valence-corrected chi connectivity index (χ0v) is 12.5. The van der Waals surface area contributed by atoms with Crippen LogP contribution in [0.15, 0.2) is 18.2 Å². The number of aryl methyl sites for hydroxylation is 1. The Morgan fingerprint density at radius 2 is 1.85 bits per heavy atom. The summed E-state index contributed by atoms with van der Waals surface area (Å²) < 4.78 is 15.3. The highest BCUT2D eigenvalue weighted by Gasteiger charge is 2.19. The van der Waals surface area contributed by atoms with E-state index in [0.717, 1.165) is 5.56 Å². The largest absolute Gasteiger partial charge is 0.481 e. The van der Waals surface area contributed by atoms with E-state index in [0.29, 0.717) is 5.75 Å². The molecular formula is C15H20O5. The third-order valence-corrected chi connectivity index (χ3v) is 2.37. The topological polar surface area (TPSA) is 61.8 Å². The minimum absolute atomic E-state index is 0.258. The molecule has 0 aliphatic rings. The Bertz CT molecular complexity index is 499. The van der Waals surface area contributed by atoms with Crippen LogP contribution in [0.1, 0.15) is 36.7 Å². The van der Waals surface area contributed by atoms with Gasteiger partial charge >= 0.3 is 11.9 Å². The van der Waals surface area contributed by atoms with Gasteiger partial charge in [0, 0.05) is 0 Å². The van der Waals surface area contributed by atoms with Gasteiger partial charge in [0.1, 0.15) is 16.9 Å². The fourth-order valence-electron chi connectivity index (χ4n) is 1.62. The summed E-state index contributed by atoms with van der Waals surface area (Å²) in [6.07, 6.45) is 0. The predicted molar refractivity (Wildman–Crippen MR) is 73.9 cm³/mol. The van der Waals surface area contributed by atoms with E-state index in [1.807, 2.05) is 0 Å². The third kappa shape index (κ3) is 4.57. The summed E-state index contributed by atoms with van der Waals surface area (Å²) in [6, 6.07) is 5.10. The van der Waals surface area contributed by atoms with E-state index in [9.17, 15) is 9.59 Å². The molecule has 0 bridgehead atoms. The van der Waals surface area contributed by atoms with Gasteiger partial charge in [0.05, 0.1) is 7.11 Å². The fourth-order valence-corrected chi connectivity index (χ4v) is 1.62. The number of carbonyl (C=O) groups excluding carboxylic acids is 2. The molecular weight excluding hydrogens is 260 g/mol. The molecule has 5 nitrogen and oxygen atoms in total. The van der Waals surface area contributed by atoms with Gasteiger partial charge in [-0.25, -0.2) is 9.59 Å². The number of benzene rings is 1. The average molecular weight is 280 g/mol. The van der Waals surface area contributed by atoms with Crippen molar-refractivity contribution in [2.75, 3.05) is 13.7 Å². The van der Waals surface area contributed by atoms with E-state index in [1.165, 1.54) is 7.11 Å². The fraction of sp³-hybridized carbons (Fsp3) is 0.467. The standard InChI is InChI=1S/C15H20O5/c1-10-7-6-8-11(14(17)18-5)13(10)19-9-12(16)20-15(2,3)4/h6-8H,9H2,1-5H3. The number of rotatable bonds is 4. The number of esters is 2. The van der Waals surface area contributed by atoms with Crippen LogP contribution >= 0.6 is 0 Å². The van der Waals surface area contributed by atoms with Gasteiger partial charge < -0.3 is 14.2 Å². The summed E-state index contributed by atoms with van der Waals surface area (Å²) in [7, 11) is 1.29. The maximum absolute atomic E-state index is 11.6. The first-order valence-electron chi connectivity index (χ1n) is 6.27. The normalized spacial score (nSPS) is 10.8. The van der Waals surface area contributed by atoms with Crippen LogP contribution < -0.4 is 4.74 Å². The lowest BCUT2D eigenvalue weighted by Gasteiger charge is -2.20.